The second-order valence-electron chi connectivity index (χ2n) is 6.27. The molecule has 2 amide bonds. The van der Waals surface area contributed by atoms with Crippen molar-refractivity contribution in [1.29, 1.82) is 0 Å². The fourth-order valence-electron chi connectivity index (χ4n) is 2.03. The molecule has 1 rings (SSSR count). The van der Waals surface area contributed by atoms with E-state index in [9.17, 15) is 9.59 Å². The van der Waals surface area contributed by atoms with Crippen LogP contribution in [0.5, 0.6) is 0 Å². The SMILES string of the molecule is CCC1=C(C)[CH+]C=CC1=NC(=O)CN(C)C(=O)OC(C)(C)C. The van der Waals surface area contributed by atoms with Crippen LogP contribution in [-0.4, -0.2) is 41.8 Å². The summed E-state index contributed by atoms with van der Waals surface area (Å²) in [6, 6.07) is 0. The molecule has 0 aromatic heterocycles. The molecule has 1 aliphatic rings. The smallest absolute Gasteiger partial charge is 0.410 e. The van der Waals surface area contributed by atoms with Gasteiger partial charge >= 0.3 is 6.09 Å². The molecule has 0 spiro atoms. The highest BCUT2D eigenvalue weighted by Crippen LogP contribution is 2.19. The first-order valence-corrected chi connectivity index (χ1v) is 7.41. The topological polar surface area (TPSA) is 59.0 Å². The molecule has 0 aliphatic heterocycles. The number of amides is 2. The standard InChI is InChI=1S/C17H25N2O3/c1-7-13-12(2)9-8-10-14(13)18-15(20)11-19(6)16(21)22-17(3,4)5/h8-10H,7,11H2,1-6H3/q+1. The van der Waals surface area contributed by atoms with E-state index in [1.165, 1.54) is 11.9 Å². The highest BCUT2D eigenvalue weighted by atomic mass is 16.6. The summed E-state index contributed by atoms with van der Waals surface area (Å²) in [5.74, 6) is -0.367. The van der Waals surface area contributed by atoms with Crippen LogP contribution in [0.15, 0.2) is 28.3 Å². The summed E-state index contributed by atoms with van der Waals surface area (Å²) < 4.78 is 5.21. The molecular formula is C17H25N2O3+. The first-order valence-electron chi connectivity index (χ1n) is 7.41. The van der Waals surface area contributed by atoms with Gasteiger partial charge in [0.15, 0.2) is 5.71 Å². The Bertz CT molecular complexity index is 537. The van der Waals surface area contributed by atoms with Crippen LogP contribution >= 0.6 is 0 Å². The second-order valence-corrected chi connectivity index (χ2v) is 6.27. The van der Waals surface area contributed by atoms with E-state index in [0.717, 1.165) is 17.6 Å². The van der Waals surface area contributed by atoms with Gasteiger partial charge in [-0.2, -0.15) is 4.99 Å². The fourth-order valence-corrected chi connectivity index (χ4v) is 2.03. The van der Waals surface area contributed by atoms with E-state index in [0.29, 0.717) is 5.71 Å². The molecule has 0 saturated heterocycles. The summed E-state index contributed by atoms with van der Waals surface area (Å²) in [6.45, 7) is 9.27. The summed E-state index contributed by atoms with van der Waals surface area (Å²) in [5.41, 5.74) is 2.25. The maximum absolute atomic E-state index is 12.1. The minimum atomic E-state index is -0.586. The largest absolute Gasteiger partial charge is 0.444 e. The second kappa shape index (κ2) is 7.29. The molecule has 120 valence electrons. The zero-order valence-electron chi connectivity index (χ0n) is 14.3. The van der Waals surface area contributed by atoms with Crippen LogP contribution in [0.3, 0.4) is 0 Å². The van der Waals surface area contributed by atoms with Gasteiger partial charge in [-0.05, 0) is 34.6 Å². The van der Waals surface area contributed by atoms with E-state index in [4.69, 9.17) is 4.74 Å². The van der Waals surface area contributed by atoms with Gasteiger partial charge in [-0.3, -0.25) is 4.79 Å². The number of carbonyl (C=O) groups is 2. The number of carbonyl (C=O) groups excluding carboxylic acids is 2. The number of likely N-dealkylation sites (N-methyl/N-ethyl adjacent to an activating group) is 1. The number of ether oxygens (including phenoxy) is 1. The minimum absolute atomic E-state index is 0.105. The summed E-state index contributed by atoms with van der Waals surface area (Å²) in [6.07, 6.45) is 5.96. The summed E-state index contributed by atoms with van der Waals surface area (Å²) in [4.78, 5) is 29.2. The number of hydrogen-bond acceptors (Lipinski definition) is 3. The Kier molecular flexibility index (Phi) is 5.97. The van der Waals surface area contributed by atoms with Gasteiger partial charge in [-0.25, -0.2) is 4.79 Å². The summed E-state index contributed by atoms with van der Waals surface area (Å²) >= 11 is 0. The molecule has 0 N–H and O–H groups in total. The molecule has 1 aliphatic carbocycles. The number of aliphatic imine (C=N–C) groups is 1. The van der Waals surface area contributed by atoms with Crippen LogP contribution in [-0.2, 0) is 9.53 Å². The maximum atomic E-state index is 12.1. The first kappa shape index (κ1) is 18.0. The predicted octanol–water partition coefficient (Wildman–Crippen LogP) is 3.32. The zero-order chi connectivity index (χ0) is 16.9. The van der Waals surface area contributed by atoms with Crippen LogP contribution in [0, 0.1) is 6.42 Å². The Balaban J connectivity index is 2.73. The van der Waals surface area contributed by atoms with Crippen molar-refractivity contribution in [3.63, 3.8) is 0 Å². The Morgan fingerprint density at radius 1 is 1.36 bits per heavy atom. The average Bonchev–Trinajstić information content (AvgIpc) is 2.36. The predicted molar refractivity (Wildman–Crippen MR) is 87.7 cm³/mol. The number of nitrogens with zero attached hydrogens (tertiary/aromatic N) is 2. The van der Waals surface area contributed by atoms with Crippen molar-refractivity contribution in [2.24, 2.45) is 4.99 Å². The van der Waals surface area contributed by atoms with Crippen molar-refractivity contribution in [3.8, 4) is 0 Å². The van der Waals surface area contributed by atoms with Gasteiger partial charge in [0.25, 0.3) is 5.91 Å². The van der Waals surface area contributed by atoms with Gasteiger partial charge in [0.1, 0.15) is 12.1 Å². The first-order chi connectivity index (χ1) is 10.1. The number of hydrogen-bond donors (Lipinski definition) is 0. The van der Waals surface area contributed by atoms with E-state index in [1.54, 1.807) is 20.8 Å². The molecule has 5 nitrogen and oxygen atoms in total. The molecule has 0 aromatic carbocycles. The average molecular weight is 305 g/mol. The van der Waals surface area contributed by atoms with Crippen LogP contribution < -0.4 is 0 Å². The highest BCUT2D eigenvalue weighted by molar-refractivity contribution is 6.14. The van der Waals surface area contributed by atoms with Crippen molar-refractivity contribution >= 4 is 17.7 Å². The van der Waals surface area contributed by atoms with Crippen LogP contribution in [0.1, 0.15) is 41.0 Å². The number of allylic oxidation sites excluding steroid dienone is 4. The third kappa shape index (κ3) is 5.39. The fraction of sp³-hybridized carbons (Fsp3) is 0.529. The molecule has 0 heterocycles. The van der Waals surface area contributed by atoms with Crippen molar-refractivity contribution in [2.75, 3.05) is 13.6 Å². The van der Waals surface area contributed by atoms with Crippen LogP contribution in [0.2, 0.25) is 0 Å². The molecule has 0 fully saturated rings. The van der Waals surface area contributed by atoms with Gasteiger partial charge in [0.05, 0.1) is 23.3 Å². The van der Waals surface area contributed by atoms with Gasteiger partial charge in [0.2, 0.25) is 0 Å². The summed E-state index contributed by atoms with van der Waals surface area (Å²) in [7, 11) is 1.53. The Morgan fingerprint density at radius 3 is 2.55 bits per heavy atom. The molecule has 0 unspecified atom stereocenters. The van der Waals surface area contributed by atoms with E-state index in [2.05, 4.69) is 4.99 Å². The van der Waals surface area contributed by atoms with Gasteiger partial charge in [0, 0.05) is 19.9 Å². The highest BCUT2D eigenvalue weighted by Gasteiger charge is 2.23. The van der Waals surface area contributed by atoms with E-state index < -0.39 is 11.7 Å². The van der Waals surface area contributed by atoms with Crippen molar-refractivity contribution in [2.45, 2.75) is 46.6 Å². The molecule has 0 radical (unpaired) electrons. The quantitative estimate of drug-likeness (QED) is 0.751. The lowest BCUT2D eigenvalue weighted by Gasteiger charge is -2.23. The third-order valence-corrected chi connectivity index (χ3v) is 3.06. The molecule has 0 saturated carbocycles. The molecule has 0 aromatic rings. The Labute approximate surface area is 132 Å². The van der Waals surface area contributed by atoms with Gasteiger partial charge in [-0.15, -0.1) is 0 Å². The lowest BCUT2D eigenvalue weighted by Crippen LogP contribution is -2.37. The van der Waals surface area contributed by atoms with Crippen molar-refractivity contribution < 1.29 is 14.3 Å². The van der Waals surface area contributed by atoms with E-state index in [-0.39, 0.29) is 12.5 Å². The molecule has 0 bridgehead atoms. The van der Waals surface area contributed by atoms with Crippen molar-refractivity contribution in [3.05, 3.63) is 29.7 Å². The van der Waals surface area contributed by atoms with Gasteiger partial charge < -0.3 is 9.64 Å². The van der Waals surface area contributed by atoms with E-state index >= 15 is 0 Å². The molecular weight excluding hydrogens is 280 g/mol. The zero-order valence-corrected chi connectivity index (χ0v) is 14.3. The summed E-state index contributed by atoms with van der Waals surface area (Å²) in [5, 5.41) is 0. The molecule has 22 heavy (non-hydrogen) atoms. The minimum Gasteiger partial charge on any atom is -0.444 e. The molecule has 5 heteroatoms. The molecule has 0 atom stereocenters. The Hall–Kier alpha value is -2.04. The van der Waals surface area contributed by atoms with Gasteiger partial charge in [-0.1, -0.05) is 0 Å². The number of rotatable bonds is 3. The van der Waals surface area contributed by atoms with Crippen LogP contribution in [0.4, 0.5) is 4.79 Å². The Morgan fingerprint density at radius 2 is 2.00 bits per heavy atom. The van der Waals surface area contributed by atoms with Crippen molar-refractivity contribution in [1.82, 2.24) is 4.90 Å². The maximum Gasteiger partial charge on any atom is 0.410 e. The lowest BCUT2D eigenvalue weighted by molar-refractivity contribution is -0.118. The van der Waals surface area contributed by atoms with E-state index in [1.807, 2.05) is 32.4 Å². The monoisotopic (exact) mass is 305 g/mol. The normalized spacial score (nSPS) is 16.5. The lowest BCUT2D eigenvalue weighted by atomic mass is 9.94. The third-order valence-electron chi connectivity index (χ3n) is 3.06. The van der Waals surface area contributed by atoms with Crippen LogP contribution in [0.25, 0.3) is 0 Å².